The lowest BCUT2D eigenvalue weighted by atomic mass is 10.1. The van der Waals surface area contributed by atoms with Gasteiger partial charge in [-0.05, 0) is 47.5 Å². The van der Waals surface area contributed by atoms with Crippen LogP contribution in [0.5, 0.6) is 0 Å². The van der Waals surface area contributed by atoms with Crippen LogP contribution in [0.15, 0.2) is 94.7 Å². The van der Waals surface area contributed by atoms with Gasteiger partial charge >= 0.3 is 0 Å². The summed E-state index contributed by atoms with van der Waals surface area (Å²) >= 11 is 0. The van der Waals surface area contributed by atoms with E-state index in [1.165, 1.54) is 60.7 Å². The third-order valence-corrected chi connectivity index (χ3v) is 8.88. The van der Waals surface area contributed by atoms with Crippen LogP contribution in [0.4, 0.5) is 22.7 Å². The maximum atomic E-state index is 13.2. The molecule has 0 aromatic heterocycles. The number of fused-ring (bicyclic) bond motifs is 3. The Balaban J connectivity index is 1.44. The summed E-state index contributed by atoms with van der Waals surface area (Å²) in [6, 6.07) is 17.9. The monoisotopic (exact) mass is 580 g/mol. The molecule has 5 rings (SSSR count). The van der Waals surface area contributed by atoms with Crippen LogP contribution in [0, 0.1) is 20.2 Å². The van der Waals surface area contributed by atoms with E-state index in [0.29, 0.717) is 11.1 Å². The SMILES string of the molecule is O=C1c2cc(NS(=O)(=O)c3ccccc3[N+](=O)[O-])ccc2-c2ccc(NS(=O)(=O)c3ccccc3[N+](=O)[O-])cc21. The van der Waals surface area contributed by atoms with Crippen molar-refractivity contribution in [1.29, 1.82) is 0 Å². The molecule has 0 fully saturated rings. The molecule has 0 amide bonds. The molecule has 4 aromatic rings. The second kappa shape index (κ2) is 9.55. The van der Waals surface area contributed by atoms with Gasteiger partial charge in [-0.2, -0.15) is 0 Å². The number of anilines is 2. The van der Waals surface area contributed by atoms with Gasteiger partial charge in [0, 0.05) is 34.6 Å². The Labute approximate surface area is 226 Å². The van der Waals surface area contributed by atoms with Gasteiger partial charge in [0.25, 0.3) is 31.4 Å². The van der Waals surface area contributed by atoms with Crippen LogP contribution in [0.25, 0.3) is 11.1 Å². The Bertz CT molecular complexity index is 1830. The standard InChI is InChI=1S/C25H16N4O9S2/c30-25-19-13-15(26-39(35,36)23-7-3-1-5-21(23)28(31)32)9-11-17(19)18-12-10-16(14-20(18)25)27-40(37,38)24-8-4-2-6-22(24)29(33)34/h1-14,26-27H. The zero-order valence-corrected chi connectivity index (χ0v) is 21.6. The van der Waals surface area contributed by atoms with Crippen LogP contribution in [-0.2, 0) is 20.0 Å². The number of nitrogens with zero attached hydrogens (tertiary/aromatic N) is 2. The number of sulfonamides is 2. The summed E-state index contributed by atoms with van der Waals surface area (Å²) in [5.74, 6) is -0.525. The smallest absolute Gasteiger partial charge is 0.289 e. The van der Waals surface area contributed by atoms with Gasteiger partial charge in [0.2, 0.25) is 0 Å². The lowest BCUT2D eigenvalue weighted by Gasteiger charge is -2.10. The van der Waals surface area contributed by atoms with Gasteiger partial charge in [-0.25, -0.2) is 16.8 Å². The summed E-state index contributed by atoms with van der Waals surface area (Å²) in [4.78, 5) is 33.0. The highest BCUT2D eigenvalue weighted by atomic mass is 32.2. The number of carbonyl (C=O) groups is 1. The summed E-state index contributed by atoms with van der Waals surface area (Å²) < 4.78 is 56.0. The largest absolute Gasteiger partial charge is 0.289 e. The Morgan fingerprint density at radius 3 is 1.30 bits per heavy atom. The molecule has 202 valence electrons. The van der Waals surface area contributed by atoms with E-state index in [1.54, 1.807) is 0 Å². The maximum absolute atomic E-state index is 13.2. The van der Waals surface area contributed by atoms with Crippen molar-refractivity contribution in [3.63, 3.8) is 0 Å². The lowest BCUT2D eigenvalue weighted by Crippen LogP contribution is -2.15. The quantitative estimate of drug-likeness (QED) is 0.198. The summed E-state index contributed by atoms with van der Waals surface area (Å²) in [6.45, 7) is 0. The number of nitrogens with one attached hydrogen (secondary N) is 2. The molecule has 2 N–H and O–H groups in total. The highest BCUT2D eigenvalue weighted by Gasteiger charge is 2.31. The number of hydrogen-bond donors (Lipinski definition) is 2. The number of rotatable bonds is 8. The Hall–Kier alpha value is -5.15. The predicted octanol–water partition coefficient (Wildman–Crippen LogP) is 4.32. The highest BCUT2D eigenvalue weighted by Crippen LogP contribution is 2.40. The van der Waals surface area contributed by atoms with E-state index in [9.17, 15) is 41.9 Å². The average molecular weight is 581 g/mol. The minimum atomic E-state index is -4.38. The van der Waals surface area contributed by atoms with Crippen LogP contribution in [0.2, 0.25) is 0 Å². The number of para-hydroxylation sites is 2. The molecule has 0 unspecified atom stereocenters. The molecule has 4 aromatic carbocycles. The molecule has 0 saturated carbocycles. The fourth-order valence-corrected chi connectivity index (χ4v) is 6.74. The van der Waals surface area contributed by atoms with Crippen LogP contribution in [0.1, 0.15) is 15.9 Å². The summed E-state index contributed by atoms with van der Waals surface area (Å²) in [5, 5.41) is 22.6. The third kappa shape index (κ3) is 4.63. The molecule has 15 heteroatoms. The van der Waals surface area contributed by atoms with Gasteiger partial charge in [-0.15, -0.1) is 0 Å². The van der Waals surface area contributed by atoms with Gasteiger partial charge in [-0.1, -0.05) is 36.4 Å². The van der Waals surface area contributed by atoms with Gasteiger partial charge in [0.15, 0.2) is 15.6 Å². The summed E-state index contributed by atoms with van der Waals surface area (Å²) in [6.07, 6.45) is 0. The number of nitro groups is 2. The first-order chi connectivity index (χ1) is 18.9. The summed E-state index contributed by atoms with van der Waals surface area (Å²) in [7, 11) is -8.76. The van der Waals surface area contributed by atoms with E-state index in [-0.39, 0.29) is 22.5 Å². The number of nitro benzene ring substituents is 2. The van der Waals surface area contributed by atoms with E-state index in [1.807, 2.05) is 0 Å². The minimum Gasteiger partial charge on any atom is -0.289 e. The first-order valence-corrected chi connectivity index (χ1v) is 14.2. The molecule has 13 nitrogen and oxygen atoms in total. The van der Waals surface area contributed by atoms with Gasteiger partial charge < -0.3 is 0 Å². The van der Waals surface area contributed by atoms with Crippen LogP contribution < -0.4 is 9.44 Å². The number of hydrogen-bond acceptors (Lipinski definition) is 9. The van der Waals surface area contributed by atoms with Crippen LogP contribution in [0.3, 0.4) is 0 Å². The molecule has 0 aliphatic heterocycles. The lowest BCUT2D eigenvalue weighted by molar-refractivity contribution is -0.388. The zero-order chi connectivity index (χ0) is 28.8. The Morgan fingerprint density at radius 2 is 0.925 bits per heavy atom. The first kappa shape index (κ1) is 26.5. The maximum Gasteiger partial charge on any atom is 0.289 e. The van der Waals surface area contributed by atoms with Gasteiger partial charge in [0.1, 0.15) is 0 Å². The molecular weight excluding hydrogens is 564 g/mol. The van der Waals surface area contributed by atoms with E-state index in [4.69, 9.17) is 0 Å². The third-order valence-electron chi connectivity index (χ3n) is 6.03. The first-order valence-electron chi connectivity index (χ1n) is 11.2. The highest BCUT2D eigenvalue weighted by molar-refractivity contribution is 7.93. The molecule has 40 heavy (non-hydrogen) atoms. The number of carbonyl (C=O) groups excluding carboxylic acids is 1. The fourth-order valence-electron chi connectivity index (χ4n) is 4.30. The topological polar surface area (TPSA) is 196 Å². The molecule has 0 heterocycles. The molecule has 0 saturated heterocycles. The van der Waals surface area contributed by atoms with Crippen molar-refractivity contribution in [3.05, 3.63) is 116 Å². The van der Waals surface area contributed by atoms with Crippen molar-refractivity contribution in [2.75, 3.05) is 9.44 Å². The molecule has 0 spiro atoms. The van der Waals surface area contributed by atoms with Crippen molar-refractivity contribution in [2.45, 2.75) is 9.79 Å². The molecule has 0 radical (unpaired) electrons. The van der Waals surface area contributed by atoms with E-state index < -0.39 is 56.8 Å². The van der Waals surface area contributed by atoms with E-state index in [0.717, 1.165) is 24.3 Å². The molecule has 0 atom stereocenters. The second-order valence-corrected chi connectivity index (χ2v) is 11.8. The second-order valence-electron chi connectivity index (χ2n) is 8.51. The molecule has 1 aliphatic carbocycles. The molecule has 0 bridgehead atoms. The Morgan fingerprint density at radius 1 is 0.550 bits per heavy atom. The minimum absolute atomic E-state index is 0.0182. The van der Waals surface area contributed by atoms with Gasteiger partial charge in [-0.3, -0.25) is 34.5 Å². The average Bonchev–Trinajstić information content (AvgIpc) is 3.18. The van der Waals surface area contributed by atoms with Crippen molar-refractivity contribution in [3.8, 4) is 11.1 Å². The zero-order valence-electron chi connectivity index (χ0n) is 20.0. The number of ketones is 1. The van der Waals surface area contributed by atoms with Crippen molar-refractivity contribution in [1.82, 2.24) is 0 Å². The normalized spacial score (nSPS) is 12.3. The van der Waals surface area contributed by atoms with E-state index >= 15 is 0 Å². The van der Waals surface area contributed by atoms with Crippen molar-refractivity contribution < 1.29 is 31.5 Å². The van der Waals surface area contributed by atoms with Crippen molar-refractivity contribution >= 4 is 48.6 Å². The number of benzene rings is 4. The van der Waals surface area contributed by atoms with E-state index in [2.05, 4.69) is 9.44 Å². The predicted molar refractivity (Wildman–Crippen MR) is 143 cm³/mol. The summed E-state index contributed by atoms with van der Waals surface area (Å²) in [5.41, 5.74) is -0.104. The van der Waals surface area contributed by atoms with Gasteiger partial charge in [0.05, 0.1) is 9.85 Å². The van der Waals surface area contributed by atoms with Crippen LogP contribution in [-0.4, -0.2) is 32.5 Å². The van der Waals surface area contributed by atoms with Crippen LogP contribution >= 0.6 is 0 Å². The fraction of sp³-hybridized carbons (Fsp3) is 0. The molecule has 1 aliphatic rings. The Kier molecular flexibility index (Phi) is 6.32. The van der Waals surface area contributed by atoms with Crippen molar-refractivity contribution in [2.24, 2.45) is 0 Å². The molecular formula is C25H16N4O9S2.